The van der Waals surface area contributed by atoms with Gasteiger partial charge < -0.3 is 14.7 Å². The molecule has 7 nitrogen and oxygen atoms in total. The highest BCUT2D eigenvalue weighted by atomic mass is 19.4. The number of hydrogen-bond donors (Lipinski definition) is 3. The van der Waals surface area contributed by atoms with E-state index in [0.29, 0.717) is 0 Å². The Morgan fingerprint density at radius 1 is 1.42 bits per heavy atom. The summed E-state index contributed by atoms with van der Waals surface area (Å²) in [5.41, 5.74) is 11.4. The van der Waals surface area contributed by atoms with Gasteiger partial charge in [0.25, 0.3) is 0 Å². The summed E-state index contributed by atoms with van der Waals surface area (Å²) in [6.45, 7) is -0.500. The summed E-state index contributed by atoms with van der Waals surface area (Å²) < 4.78 is 41.6. The topological polar surface area (TPSA) is 100 Å². The number of alkyl halides is 3. The van der Waals surface area contributed by atoms with Gasteiger partial charge in [0.1, 0.15) is 25.6 Å². The minimum Gasteiger partial charge on any atom is -0.381 e. The van der Waals surface area contributed by atoms with Gasteiger partial charge in [-0.2, -0.15) is 13.2 Å². The number of aliphatic imine (C=N–C) groups is 1. The molecular weight excluding hydrogens is 267 g/mol. The highest BCUT2D eigenvalue weighted by Crippen LogP contribution is 2.24. The van der Waals surface area contributed by atoms with Crippen LogP contribution in [0.3, 0.4) is 0 Å². The molecule has 1 aliphatic rings. The van der Waals surface area contributed by atoms with E-state index in [2.05, 4.69) is 4.99 Å². The number of amidine groups is 1. The summed E-state index contributed by atoms with van der Waals surface area (Å²) in [6.07, 6.45) is -7.51. The number of ether oxygens (including phenoxy) is 1. The Morgan fingerprint density at radius 2 is 2.05 bits per heavy atom. The third-order valence-electron chi connectivity index (χ3n) is 2.68. The van der Waals surface area contributed by atoms with Crippen LogP contribution in [0.5, 0.6) is 0 Å². The highest BCUT2D eigenvalue weighted by molar-refractivity contribution is 5.83. The zero-order valence-corrected chi connectivity index (χ0v) is 10.5. The molecule has 1 rings (SSSR count). The maximum atomic E-state index is 12.2. The van der Waals surface area contributed by atoms with E-state index in [1.807, 2.05) is 0 Å². The SMILES string of the molecule is COCN1C(CCC(F)(F)F)=NC(N)N(CO)C1N. The molecule has 2 unspecified atom stereocenters. The Morgan fingerprint density at radius 3 is 2.53 bits per heavy atom. The van der Waals surface area contributed by atoms with E-state index < -0.39 is 31.9 Å². The van der Waals surface area contributed by atoms with Crippen molar-refractivity contribution in [2.45, 2.75) is 31.6 Å². The van der Waals surface area contributed by atoms with Crippen molar-refractivity contribution in [1.29, 1.82) is 0 Å². The first kappa shape index (κ1) is 16.1. The number of halogens is 3. The predicted molar refractivity (Wildman–Crippen MR) is 61.3 cm³/mol. The van der Waals surface area contributed by atoms with Gasteiger partial charge in [0.2, 0.25) is 0 Å². The van der Waals surface area contributed by atoms with Crippen molar-refractivity contribution >= 4 is 5.84 Å². The van der Waals surface area contributed by atoms with Crippen molar-refractivity contribution in [2.75, 3.05) is 20.6 Å². The van der Waals surface area contributed by atoms with Crippen molar-refractivity contribution in [3.63, 3.8) is 0 Å². The van der Waals surface area contributed by atoms with E-state index in [-0.39, 0.29) is 19.0 Å². The largest absolute Gasteiger partial charge is 0.389 e. The Labute approximate surface area is 108 Å². The quantitative estimate of drug-likeness (QED) is 0.622. The normalized spacial score (nSPS) is 25.6. The molecule has 0 aromatic carbocycles. The van der Waals surface area contributed by atoms with Crippen molar-refractivity contribution < 1.29 is 23.0 Å². The van der Waals surface area contributed by atoms with Crippen molar-refractivity contribution in [3.8, 4) is 0 Å². The lowest BCUT2D eigenvalue weighted by molar-refractivity contribution is -0.134. The lowest BCUT2D eigenvalue weighted by Gasteiger charge is -2.43. The first-order valence-corrected chi connectivity index (χ1v) is 5.57. The second kappa shape index (κ2) is 6.48. The molecule has 5 N–H and O–H groups in total. The van der Waals surface area contributed by atoms with Gasteiger partial charge in [0, 0.05) is 13.5 Å². The molecule has 0 saturated heterocycles. The van der Waals surface area contributed by atoms with Crippen LogP contribution in [-0.2, 0) is 4.74 Å². The van der Waals surface area contributed by atoms with Crippen LogP contribution in [0.25, 0.3) is 0 Å². The fourth-order valence-electron chi connectivity index (χ4n) is 1.71. The van der Waals surface area contributed by atoms with Crippen LogP contribution in [0.1, 0.15) is 12.8 Å². The summed E-state index contributed by atoms with van der Waals surface area (Å²) in [6, 6.07) is 0. The molecule has 1 heterocycles. The first-order chi connectivity index (χ1) is 8.80. The Balaban J connectivity index is 2.84. The maximum Gasteiger partial charge on any atom is 0.389 e. The van der Waals surface area contributed by atoms with E-state index in [9.17, 15) is 13.2 Å². The van der Waals surface area contributed by atoms with Crippen LogP contribution >= 0.6 is 0 Å². The number of aliphatic hydroxyl groups is 1. The molecule has 0 amide bonds. The highest BCUT2D eigenvalue weighted by Gasteiger charge is 2.35. The molecule has 10 heteroatoms. The van der Waals surface area contributed by atoms with Gasteiger partial charge in [-0.15, -0.1) is 0 Å². The maximum absolute atomic E-state index is 12.2. The van der Waals surface area contributed by atoms with Gasteiger partial charge >= 0.3 is 6.18 Å². The van der Waals surface area contributed by atoms with E-state index in [4.69, 9.17) is 21.3 Å². The molecule has 19 heavy (non-hydrogen) atoms. The lowest BCUT2D eigenvalue weighted by atomic mass is 10.2. The summed E-state index contributed by atoms with van der Waals surface area (Å²) in [4.78, 5) is 6.46. The van der Waals surface area contributed by atoms with Gasteiger partial charge in [-0.1, -0.05) is 0 Å². The number of nitrogens with two attached hydrogens (primary N) is 2. The van der Waals surface area contributed by atoms with Crippen LogP contribution in [0, 0.1) is 0 Å². The number of hydrogen-bond acceptors (Lipinski definition) is 7. The molecule has 0 aliphatic carbocycles. The second-order valence-corrected chi connectivity index (χ2v) is 4.03. The average molecular weight is 285 g/mol. The molecule has 1 aliphatic heterocycles. The summed E-state index contributed by atoms with van der Waals surface area (Å²) in [5.74, 6) is 0.115. The van der Waals surface area contributed by atoms with Crippen molar-refractivity contribution in [2.24, 2.45) is 16.5 Å². The summed E-state index contributed by atoms with van der Waals surface area (Å²) in [7, 11) is 1.38. The molecule has 112 valence electrons. The fourth-order valence-corrected chi connectivity index (χ4v) is 1.71. The van der Waals surface area contributed by atoms with Gasteiger partial charge in [0.05, 0.1) is 6.42 Å². The summed E-state index contributed by atoms with van der Waals surface area (Å²) >= 11 is 0. The molecular formula is C9H18F3N5O2. The first-order valence-electron chi connectivity index (χ1n) is 5.57. The molecule has 2 atom stereocenters. The summed E-state index contributed by atoms with van der Waals surface area (Å²) in [5, 5.41) is 9.11. The number of rotatable bonds is 5. The molecule has 0 fully saturated rings. The second-order valence-electron chi connectivity index (χ2n) is 4.03. The van der Waals surface area contributed by atoms with E-state index >= 15 is 0 Å². The Hall–Kier alpha value is -0.940. The van der Waals surface area contributed by atoms with Gasteiger partial charge in [-0.25, -0.2) is 9.89 Å². The van der Waals surface area contributed by atoms with Crippen molar-refractivity contribution in [3.05, 3.63) is 0 Å². The van der Waals surface area contributed by atoms with E-state index in [1.54, 1.807) is 0 Å². The molecule has 0 radical (unpaired) electrons. The van der Waals surface area contributed by atoms with Gasteiger partial charge in [-0.3, -0.25) is 11.5 Å². The molecule has 0 bridgehead atoms. The van der Waals surface area contributed by atoms with Crippen LogP contribution < -0.4 is 11.5 Å². The monoisotopic (exact) mass is 285 g/mol. The van der Waals surface area contributed by atoms with Crippen LogP contribution in [-0.4, -0.2) is 60.1 Å². The zero-order valence-electron chi connectivity index (χ0n) is 10.5. The van der Waals surface area contributed by atoms with Crippen LogP contribution in [0.15, 0.2) is 4.99 Å². The van der Waals surface area contributed by atoms with E-state index in [1.165, 1.54) is 16.9 Å². The Kier molecular flexibility index (Phi) is 5.50. The number of aliphatic hydroxyl groups excluding tert-OH is 1. The molecule has 0 spiro atoms. The Bertz CT molecular complexity index is 325. The molecule has 0 saturated carbocycles. The standard InChI is InChI=1S/C9H18F3N5O2/c1-19-5-17-6(2-3-9(10,11)12)15-7(13)16(4-18)8(17)14/h7-8,18H,2-5,13-14H2,1H3. The van der Waals surface area contributed by atoms with Crippen LogP contribution in [0.2, 0.25) is 0 Å². The average Bonchev–Trinajstić information content (AvgIpc) is 2.30. The van der Waals surface area contributed by atoms with Gasteiger partial charge in [0.15, 0.2) is 6.29 Å². The predicted octanol–water partition coefficient (Wildman–Crippen LogP) is -0.617. The fraction of sp³-hybridized carbons (Fsp3) is 0.889. The van der Waals surface area contributed by atoms with Crippen LogP contribution in [0.4, 0.5) is 13.2 Å². The minimum absolute atomic E-state index is 0.0406. The minimum atomic E-state index is -4.29. The third-order valence-corrected chi connectivity index (χ3v) is 2.68. The third kappa shape index (κ3) is 4.28. The number of nitrogens with zero attached hydrogens (tertiary/aromatic N) is 3. The number of methoxy groups -OCH3 is 1. The molecule has 0 aromatic rings. The molecule has 0 aromatic heterocycles. The van der Waals surface area contributed by atoms with E-state index in [0.717, 1.165) is 0 Å². The lowest BCUT2D eigenvalue weighted by Crippen LogP contribution is -2.65. The van der Waals surface area contributed by atoms with Crippen molar-refractivity contribution in [1.82, 2.24) is 9.80 Å². The zero-order chi connectivity index (χ0) is 14.6. The van der Waals surface area contributed by atoms with Gasteiger partial charge in [-0.05, 0) is 0 Å². The smallest absolute Gasteiger partial charge is 0.381 e.